The maximum Gasteiger partial charge on any atom is 0.310 e. The van der Waals surface area contributed by atoms with Gasteiger partial charge in [-0.15, -0.1) is 0 Å². The first-order valence-electron chi connectivity index (χ1n) is 7.06. The van der Waals surface area contributed by atoms with Crippen LogP contribution in [-0.2, 0) is 21.6 Å². The fourth-order valence-corrected chi connectivity index (χ4v) is 3.84. The molecule has 0 aliphatic heterocycles. The van der Waals surface area contributed by atoms with Gasteiger partial charge in [-0.3, -0.25) is 4.79 Å². The highest BCUT2D eigenvalue weighted by Gasteiger charge is 2.26. The SMILES string of the molecule is O=C(O)C(CC1CCCC1)c1ccc(CS(=O)O)c(Cl)c1. The van der Waals surface area contributed by atoms with Gasteiger partial charge in [0.2, 0.25) is 0 Å². The molecule has 1 saturated carbocycles. The highest BCUT2D eigenvalue weighted by Crippen LogP contribution is 2.35. The van der Waals surface area contributed by atoms with Gasteiger partial charge in [-0.05, 0) is 29.5 Å². The van der Waals surface area contributed by atoms with Crippen molar-refractivity contribution >= 4 is 28.7 Å². The van der Waals surface area contributed by atoms with E-state index in [4.69, 9.17) is 16.2 Å². The summed E-state index contributed by atoms with van der Waals surface area (Å²) in [5, 5.41) is 9.82. The zero-order chi connectivity index (χ0) is 15.4. The zero-order valence-electron chi connectivity index (χ0n) is 11.6. The molecule has 1 aliphatic rings. The topological polar surface area (TPSA) is 74.6 Å². The summed E-state index contributed by atoms with van der Waals surface area (Å²) in [6.07, 6.45) is 5.19. The predicted molar refractivity (Wildman–Crippen MR) is 82.9 cm³/mol. The second kappa shape index (κ2) is 7.38. The van der Waals surface area contributed by atoms with Crippen LogP contribution in [0, 0.1) is 5.92 Å². The molecule has 1 fully saturated rings. The lowest BCUT2D eigenvalue weighted by Crippen LogP contribution is -2.15. The molecular weight excluding hydrogens is 312 g/mol. The van der Waals surface area contributed by atoms with Gasteiger partial charge < -0.3 is 9.66 Å². The van der Waals surface area contributed by atoms with Gasteiger partial charge in [0.05, 0.1) is 11.7 Å². The first-order valence-corrected chi connectivity index (χ1v) is 8.71. The Morgan fingerprint density at radius 3 is 2.57 bits per heavy atom. The molecule has 21 heavy (non-hydrogen) atoms. The summed E-state index contributed by atoms with van der Waals surface area (Å²) in [6, 6.07) is 4.98. The van der Waals surface area contributed by atoms with Crippen LogP contribution in [0.2, 0.25) is 5.02 Å². The van der Waals surface area contributed by atoms with Gasteiger partial charge in [-0.25, -0.2) is 4.21 Å². The van der Waals surface area contributed by atoms with Crippen molar-refractivity contribution in [2.45, 2.75) is 43.8 Å². The largest absolute Gasteiger partial charge is 0.481 e. The van der Waals surface area contributed by atoms with Gasteiger partial charge in [0, 0.05) is 5.02 Å². The van der Waals surface area contributed by atoms with Crippen LogP contribution < -0.4 is 0 Å². The molecule has 2 rings (SSSR count). The van der Waals surface area contributed by atoms with E-state index in [1.165, 1.54) is 12.8 Å². The maximum atomic E-state index is 11.5. The van der Waals surface area contributed by atoms with Crippen LogP contribution in [0.4, 0.5) is 0 Å². The Balaban J connectivity index is 2.17. The van der Waals surface area contributed by atoms with Crippen molar-refractivity contribution in [3.8, 4) is 0 Å². The van der Waals surface area contributed by atoms with Crippen molar-refractivity contribution in [1.82, 2.24) is 0 Å². The van der Waals surface area contributed by atoms with Crippen molar-refractivity contribution in [1.29, 1.82) is 0 Å². The molecule has 4 nitrogen and oxygen atoms in total. The minimum atomic E-state index is -1.96. The molecule has 0 saturated heterocycles. The molecular formula is C15H19ClO4S. The first-order chi connectivity index (χ1) is 9.97. The number of benzene rings is 1. The number of carbonyl (C=O) groups is 1. The molecule has 0 aromatic heterocycles. The number of rotatable bonds is 6. The van der Waals surface area contributed by atoms with Crippen molar-refractivity contribution in [2.24, 2.45) is 5.92 Å². The Morgan fingerprint density at radius 2 is 2.05 bits per heavy atom. The Labute approximate surface area is 131 Å². The number of carboxylic acids is 1. The van der Waals surface area contributed by atoms with Crippen LogP contribution in [0.5, 0.6) is 0 Å². The summed E-state index contributed by atoms with van der Waals surface area (Å²) in [7, 11) is 0. The number of hydrogen-bond acceptors (Lipinski definition) is 2. The van der Waals surface area contributed by atoms with E-state index in [9.17, 15) is 14.1 Å². The van der Waals surface area contributed by atoms with Crippen molar-refractivity contribution in [3.05, 3.63) is 34.3 Å². The summed E-state index contributed by atoms with van der Waals surface area (Å²) in [6.45, 7) is 0. The van der Waals surface area contributed by atoms with Crippen LogP contribution in [0.1, 0.15) is 49.1 Å². The standard InChI is InChI=1S/C15H19ClO4S/c16-14-8-11(5-6-12(14)9-21(19)20)13(15(17)18)7-10-3-1-2-4-10/h5-6,8,10,13H,1-4,7,9H2,(H,17,18)(H,19,20). The van der Waals surface area contributed by atoms with E-state index in [0.29, 0.717) is 28.5 Å². The average molecular weight is 331 g/mol. The second-order valence-corrected chi connectivity index (χ2v) is 6.93. The molecule has 116 valence electrons. The summed E-state index contributed by atoms with van der Waals surface area (Å²) in [5.41, 5.74) is 1.23. The van der Waals surface area contributed by atoms with Gasteiger partial charge in [-0.2, -0.15) is 0 Å². The zero-order valence-corrected chi connectivity index (χ0v) is 13.2. The lowest BCUT2D eigenvalue weighted by molar-refractivity contribution is -0.139. The molecule has 0 amide bonds. The summed E-state index contributed by atoms with van der Waals surface area (Å²) in [4.78, 5) is 11.5. The third kappa shape index (κ3) is 4.53. The quantitative estimate of drug-likeness (QED) is 0.778. The normalized spacial score (nSPS) is 18.6. The number of hydrogen-bond donors (Lipinski definition) is 2. The van der Waals surface area contributed by atoms with Crippen LogP contribution in [-0.4, -0.2) is 19.8 Å². The fourth-order valence-electron chi connectivity index (χ4n) is 2.99. The van der Waals surface area contributed by atoms with Gasteiger partial charge >= 0.3 is 5.97 Å². The molecule has 0 bridgehead atoms. The monoisotopic (exact) mass is 330 g/mol. The third-order valence-corrected chi connectivity index (χ3v) is 5.01. The molecule has 1 aliphatic carbocycles. The molecule has 2 unspecified atom stereocenters. The fraction of sp³-hybridized carbons (Fsp3) is 0.533. The van der Waals surface area contributed by atoms with Gasteiger partial charge in [0.1, 0.15) is 0 Å². The van der Waals surface area contributed by atoms with Crippen molar-refractivity contribution in [3.63, 3.8) is 0 Å². The van der Waals surface area contributed by atoms with E-state index in [1.54, 1.807) is 18.2 Å². The van der Waals surface area contributed by atoms with Crippen LogP contribution in [0.15, 0.2) is 18.2 Å². The second-order valence-electron chi connectivity index (χ2n) is 5.59. The maximum absolute atomic E-state index is 11.5. The summed E-state index contributed by atoms with van der Waals surface area (Å²) < 4.78 is 19.7. The Bertz CT molecular complexity index is 540. The first kappa shape index (κ1) is 16.5. The van der Waals surface area contributed by atoms with Crippen LogP contribution in [0.25, 0.3) is 0 Å². The molecule has 0 heterocycles. The Hall–Kier alpha value is -0.910. The highest BCUT2D eigenvalue weighted by atomic mass is 35.5. The van der Waals surface area contributed by atoms with Crippen LogP contribution >= 0.6 is 11.6 Å². The smallest absolute Gasteiger partial charge is 0.310 e. The molecule has 2 atom stereocenters. The van der Waals surface area contributed by atoms with Gasteiger partial charge in [0.15, 0.2) is 11.1 Å². The van der Waals surface area contributed by atoms with Crippen molar-refractivity contribution < 1.29 is 18.7 Å². The third-order valence-electron chi connectivity index (χ3n) is 4.10. The number of carboxylic acid groups (broad SMARTS) is 1. The minimum absolute atomic E-state index is 0.0422. The van der Waals surface area contributed by atoms with E-state index in [-0.39, 0.29) is 5.75 Å². The van der Waals surface area contributed by atoms with E-state index >= 15 is 0 Å². The lowest BCUT2D eigenvalue weighted by Gasteiger charge is -2.18. The van der Waals surface area contributed by atoms with E-state index < -0.39 is 23.0 Å². The Kier molecular flexibility index (Phi) is 5.79. The van der Waals surface area contributed by atoms with Gasteiger partial charge in [-0.1, -0.05) is 49.4 Å². The van der Waals surface area contributed by atoms with E-state index in [2.05, 4.69) is 0 Å². The van der Waals surface area contributed by atoms with E-state index in [1.807, 2.05) is 0 Å². The Morgan fingerprint density at radius 1 is 1.38 bits per heavy atom. The summed E-state index contributed by atoms with van der Waals surface area (Å²) >= 11 is 4.14. The molecule has 2 N–H and O–H groups in total. The lowest BCUT2D eigenvalue weighted by atomic mass is 9.87. The molecule has 1 aromatic rings. The van der Waals surface area contributed by atoms with Crippen LogP contribution in [0.3, 0.4) is 0 Å². The highest BCUT2D eigenvalue weighted by molar-refractivity contribution is 7.78. The molecule has 1 aromatic carbocycles. The predicted octanol–water partition coefficient (Wildman–Crippen LogP) is 3.81. The van der Waals surface area contributed by atoms with Crippen molar-refractivity contribution in [2.75, 3.05) is 0 Å². The number of halogens is 1. The average Bonchev–Trinajstić information content (AvgIpc) is 2.90. The van der Waals surface area contributed by atoms with E-state index in [0.717, 1.165) is 12.8 Å². The minimum Gasteiger partial charge on any atom is -0.481 e. The summed E-state index contributed by atoms with van der Waals surface area (Å²) in [5.74, 6) is -0.968. The molecule has 0 spiro atoms. The molecule has 6 heteroatoms. The number of aliphatic carboxylic acids is 1. The van der Waals surface area contributed by atoms with Gasteiger partial charge in [0.25, 0.3) is 0 Å². The molecule has 0 radical (unpaired) electrons.